The van der Waals surface area contributed by atoms with E-state index in [1.165, 1.54) is 6.07 Å². The van der Waals surface area contributed by atoms with Crippen molar-refractivity contribution in [2.75, 3.05) is 0 Å². The van der Waals surface area contributed by atoms with Gasteiger partial charge in [0.15, 0.2) is 0 Å². The van der Waals surface area contributed by atoms with E-state index in [4.69, 9.17) is 5.73 Å². The van der Waals surface area contributed by atoms with E-state index in [1.54, 1.807) is 0 Å². The van der Waals surface area contributed by atoms with E-state index in [2.05, 4.69) is 0 Å². The zero-order valence-corrected chi connectivity index (χ0v) is 9.26. The Hall–Kier alpha value is -1.10. The third-order valence-corrected chi connectivity index (χ3v) is 3.24. The molecule has 1 aliphatic rings. The van der Waals surface area contributed by atoms with Crippen LogP contribution < -0.4 is 5.73 Å². The summed E-state index contributed by atoms with van der Waals surface area (Å²) in [5, 5.41) is 0. The van der Waals surface area contributed by atoms with Gasteiger partial charge in [0, 0.05) is 6.04 Å². The summed E-state index contributed by atoms with van der Waals surface area (Å²) in [6, 6.07) is 3.16. The molecule has 94 valence electrons. The zero-order valence-electron chi connectivity index (χ0n) is 9.26. The molecule has 0 bridgehead atoms. The summed E-state index contributed by atoms with van der Waals surface area (Å²) >= 11 is 0. The highest BCUT2D eigenvalue weighted by molar-refractivity contribution is 5.33. The van der Waals surface area contributed by atoms with Crippen molar-refractivity contribution in [3.05, 3.63) is 35.1 Å². The number of benzene rings is 1. The first-order valence-corrected chi connectivity index (χ1v) is 5.43. The number of halogens is 4. The SMILES string of the molecule is CC(N)C1CC1c1ccc(F)c(C(F)(F)F)c1. The van der Waals surface area contributed by atoms with Crippen LogP contribution in [0.25, 0.3) is 0 Å². The lowest BCUT2D eigenvalue weighted by atomic mass is 10.0. The number of hydrogen-bond donors (Lipinski definition) is 1. The van der Waals surface area contributed by atoms with Crippen LogP contribution in [0.15, 0.2) is 18.2 Å². The van der Waals surface area contributed by atoms with Crippen LogP contribution in [0, 0.1) is 11.7 Å². The van der Waals surface area contributed by atoms with Gasteiger partial charge in [-0.2, -0.15) is 13.2 Å². The molecule has 1 nitrogen and oxygen atoms in total. The monoisotopic (exact) mass is 247 g/mol. The van der Waals surface area contributed by atoms with Gasteiger partial charge in [-0.25, -0.2) is 4.39 Å². The van der Waals surface area contributed by atoms with Gasteiger partial charge in [-0.1, -0.05) is 6.07 Å². The molecule has 3 unspecified atom stereocenters. The lowest BCUT2D eigenvalue weighted by molar-refractivity contribution is -0.140. The van der Waals surface area contributed by atoms with E-state index < -0.39 is 17.6 Å². The maximum absolute atomic E-state index is 13.1. The first-order valence-electron chi connectivity index (χ1n) is 5.43. The Morgan fingerprint density at radius 1 is 1.35 bits per heavy atom. The molecule has 0 heterocycles. The number of hydrogen-bond acceptors (Lipinski definition) is 1. The molecule has 2 rings (SSSR count). The van der Waals surface area contributed by atoms with E-state index in [-0.39, 0.29) is 17.9 Å². The molecule has 1 aromatic rings. The van der Waals surface area contributed by atoms with Crippen molar-refractivity contribution in [2.24, 2.45) is 11.7 Å². The minimum atomic E-state index is -4.64. The molecular weight excluding hydrogens is 234 g/mol. The van der Waals surface area contributed by atoms with Crippen molar-refractivity contribution in [3.8, 4) is 0 Å². The topological polar surface area (TPSA) is 26.0 Å². The summed E-state index contributed by atoms with van der Waals surface area (Å²) in [7, 11) is 0. The predicted octanol–water partition coefficient (Wildman–Crippen LogP) is 3.30. The van der Waals surface area contributed by atoms with Gasteiger partial charge in [0.25, 0.3) is 0 Å². The highest BCUT2D eigenvalue weighted by Crippen LogP contribution is 2.49. The van der Waals surface area contributed by atoms with Gasteiger partial charge in [-0.3, -0.25) is 0 Å². The largest absolute Gasteiger partial charge is 0.419 e. The molecule has 2 N–H and O–H groups in total. The molecule has 1 aliphatic carbocycles. The number of rotatable bonds is 2. The average Bonchev–Trinajstić information content (AvgIpc) is 2.96. The smallest absolute Gasteiger partial charge is 0.328 e. The summed E-state index contributed by atoms with van der Waals surface area (Å²) in [5.41, 5.74) is 5.02. The van der Waals surface area contributed by atoms with Crippen LogP contribution in [0.2, 0.25) is 0 Å². The Morgan fingerprint density at radius 2 is 2.00 bits per heavy atom. The van der Waals surface area contributed by atoms with Crippen LogP contribution in [0.1, 0.15) is 30.4 Å². The molecule has 0 saturated heterocycles. The lowest BCUT2D eigenvalue weighted by Gasteiger charge is -2.10. The Kier molecular flexibility index (Phi) is 2.89. The van der Waals surface area contributed by atoms with Crippen molar-refractivity contribution < 1.29 is 17.6 Å². The normalized spacial score (nSPS) is 25.8. The molecule has 17 heavy (non-hydrogen) atoms. The van der Waals surface area contributed by atoms with Crippen molar-refractivity contribution in [3.63, 3.8) is 0 Å². The molecule has 1 aromatic carbocycles. The Labute approximate surface area is 96.6 Å². The highest BCUT2D eigenvalue weighted by Gasteiger charge is 2.42. The van der Waals surface area contributed by atoms with E-state index in [0.29, 0.717) is 5.56 Å². The van der Waals surface area contributed by atoms with Gasteiger partial charge in [0.2, 0.25) is 0 Å². The van der Waals surface area contributed by atoms with Crippen LogP contribution in [0.4, 0.5) is 17.6 Å². The highest BCUT2D eigenvalue weighted by atomic mass is 19.4. The van der Waals surface area contributed by atoms with Gasteiger partial charge in [0.05, 0.1) is 5.56 Å². The standard InChI is InChI=1S/C12H13F4N/c1-6(17)8-5-9(8)7-2-3-11(13)10(4-7)12(14,15)16/h2-4,6,8-9H,5,17H2,1H3. The second-order valence-corrected chi connectivity index (χ2v) is 4.60. The summed E-state index contributed by atoms with van der Waals surface area (Å²) < 4.78 is 50.6. The fourth-order valence-electron chi connectivity index (χ4n) is 2.17. The maximum atomic E-state index is 13.1. The Morgan fingerprint density at radius 3 is 2.47 bits per heavy atom. The van der Waals surface area contributed by atoms with Crippen LogP contribution >= 0.6 is 0 Å². The molecule has 0 radical (unpaired) electrons. The van der Waals surface area contributed by atoms with Crippen molar-refractivity contribution in [1.82, 2.24) is 0 Å². The lowest BCUT2D eigenvalue weighted by Crippen LogP contribution is -2.18. The summed E-state index contributed by atoms with van der Waals surface area (Å²) in [5.74, 6) is -0.975. The molecule has 0 aromatic heterocycles. The third-order valence-electron chi connectivity index (χ3n) is 3.24. The Balaban J connectivity index is 2.27. The summed E-state index contributed by atoms with van der Waals surface area (Å²) in [4.78, 5) is 0. The van der Waals surface area contributed by atoms with Crippen molar-refractivity contribution in [1.29, 1.82) is 0 Å². The molecule has 3 atom stereocenters. The van der Waals surface area contributed by atoms with Crippen molar-refractivity contribution >= 4 is 0 Å². The predicted molar refractivity (Wildman–Crippen MR) is 55.9 cm³/mol. The fraction of sp³-hybridized carbons (Fsp3) is 0.500. The number of nitrogens with two attached hydrogens (primary N) is 1. The van der Waals surface area contributed by atoms with Gasteiger partial charge in [-0.15, -0.1) is 0 Å². The quantitative estimate of drug-likeness (QED) is 0.797. The molecule has 1 fully saturated rings. The fourth-order valence-corrected chi connectivity index (χ4v) is 2.17. The van der Waals surface area contributed by atoms with Crippen LogP contribution in [-0.2, 0) is 6.18 Å². The zero-order chi connectivity index (χ0) is 12.8. The maximum Gasteiger partial charge on any atom is 0.419 e. The average molecular weight is 247 g/mol. The van der Waals surface area contributed by atoms with Gasteiger partial charge < -0.3 is 5.73 Å². The second-order valence-electron chi connectivity index (χ2n) is 4.60. The third kappa shape index (κ3) is 2.44. The van der Waals surface area contributed by atoms with E-state index in [0.717, 1.165) is 18.6 Å². The molecule has 0 spiro atoms. The molecule has 0 aliphatic heterocycles. The summed E-state index contributed by atoms with van der Waals surface area (Å²) in [6.07, 6.45) is -3.86. The molecule has 1 saturated carbocycles. The molecular formula is C12H13F4N. The first kappa shape index (κ1) is 12.4. The minimum absolute atomic E-state index is 0.0386. The number of alkyl halides is 3. The van der Waals surface area contributed by atoms with Crippen LogP contribution in [-0.4, -0.2) is 6.04 Å². The van der Waals surface area contributed by atoms with Gasteiger partial charge >= 0.3 is 6.18 Å². The second kappa shape index (κ2) is 3.98. The van der Waals surface area contributed by atoms with Gasteiger partial charge in [-0.05, 0) is 42.9 Å². The van der Waals surface area contributed by atoms with Gasteiger partial charge in [0.1, 0.15) is 5.82 Å². The van der Waals surface area contributed by atoms with Crippen LogP contribution in [0.3, 0.4) is 0 Å². The molecule has 5 heteroatoms. The summed E-state index contributed by atoms with van der Waals surface area (Å²) in [6.45, 7) is 1.83. The Bertz CT molecular complexity index is 425. The molecule has 0 amide bonds. The van der Waals surface area contributed by atoms with Crippen LogP contribution in [0.5, 0.6) is 0 Å². The first-order chi connectivity index (χ1) is 7.80. The van der Waals surface area contributed by atoms with E-state index in [1.807, 2.05) is 6.92 Å². The van der Waals surface area contributed by atoms with E-state index >= 15 is 0 Å². The minimum Gasteiger partial charge on any atom is -0.328 e. The van der Waals surface area contributed by atoms with Crippen molar-refractivity contribution in [2.45, 2.75) is 31.5 Å². The van der Waals surface area contributed by atoms with E-state index in [9.17, 15) is 17.6 Å².